The number of nitrogens with zero attached hydrogens (tertiary/aromatic N) is 1. The van der Waals surface area contributed by atoms with E-state index in [9.17, 15) is 4.79 Å². The second kappa shape index (κ2) is 7.85. The van der Waals surface area contributed by atoms with Crippen molar-refractivity contribution in [3.8, 4) is 11.5 Å². The third kappa shape index (κ3) is 4.91. The summed E-state index contributed by atoms with van der Waals surface area (Å²) in [5.41, 5.74) is 0.684. The van der Waals surface area contributed by atoms with E-state index in [4.69, 9.17) is 9.47 Å². The van der Waals surface area contributed by atoms with Crippen LogP contribution in [0, 0.1) is 0 Å². The van der Waals surface area contributed by atoms with E-state index in [0.717, 1.165) is 32.6 Å². The van der Waals surface area contributed by atoms with Crippen molar-refractivity contribution in [2.45, 2.75) is 6.42 Å². The van der Waals surface area contributed by atoms with Crippen LogP contribution in [0.25, 0.3) is 0 Å². The van der Waals surface area contributed by atoms with Crippen LogP contribution in [0.15, 0.2) is 18.2 Å². The van der Waals surface area contributed by atoms with E-state index < -0.39 is 0 Å². The fourth-order valence-corrected chi connectivity index (χ4v) is 2.34. The van der Waals surface area contributed by atoms with Gasteiger partial charge in [-0.2, -0.15) is 0 Å². The molecule has 1 amide bonds. The van der Waals surface area contributed by atoms with E-state index >= 15 is 0 Å². The molecule has 2 N–H and O–H groups in total. The molecule has 21 heavy (non-hydrogen) atoms. The van der Waals surface area contributed by atoms with Gasteiger partial charge in [0.15, 0.2) is 0 Å². The van der Waals surface area contributed by atoms with Crippen molar-refractivity contribution in [3.05, 3.63) is 18.2 Å². The van der Waals surface area contributed by atoms with Gasteiger partial charge in [0.2, 0.25) is 5.91 Å². The summed E-state index contributed by atoms with van der Waals surface area (Å²) < 4.78 is 10.4. The number of carbonyl (C=O) groups is 1. The first-order chi connectivity index (χ1) is 10.2. The van der Waals surface area contributed by atoms with Gasteiger partial charge in [0.25, 0.3) is 0 Å². The summed E-state index contributed by atoms with van der Waals surface area (Å²) >= 11 is 0. The maximum Gasteiger partial charge on any atom is 0.238 e. The SMILES string of the molecule is COc1cc(NC(=O)CN2CCCNCC2)cc(OC)c1. The van der Waals surface area contributed by atoms with E-state index in [2.05, 4.69) is 15.5 Å². The Balaban J connectivity index is 1.95. The highest BCUT2D eigenvalue weighted by Gasteiger charge is 2.13. The highest BCUT2D eigenvalue weighted by Crippen LogP contribution is 2.25. The van der Waals surface area contributed by atoms with Gasteiger partial charge in [-0.1, -0.05) is 0 Å². The van der Waals surface area contributed by atoms with E-state index in [0.29, 0.717) is 23.7 Å². The van der Waals surface area contributed by atoms with Crippen LogP contribution in [0.3, 0.4) is 0 Å². The van der Waals surface area contributed by atoms with Gasteiger partial charge >= 0.3 is 0 Å². The maximum absolute atomic E-state index is 12.1. The largest absolute Gasteiger partial charge is 0.497 e. The lowest BCUT2D eigenvalue weighted by molar-refractivity contribution is -0.117. The van der Waals surface area contributed by atoms with Crippen molar-refractivity contribution in [3.63, 3.8) is 0 Å². The van der Waals surface area contributed by atoms with Gasteiger partial charge < -0.3 is 20.1 Å². The molecule has 1 saturated heterocycles. The Morgan fingerprint density at radius 3 is 2.57 bits per heavy atom. The highest BCUT2D eigenvalue weighted by molar-refractivity contribution is 5.92. The molecule has 1 fully saturated rings. The van der Waals surface area contributed by atoms with Crippen LogP contribution in [0.2, 0.25) is 0 Å². The molecule has 0 spiro atoms. The van der Waals surface area contributed by atoms with Crippen LogP contribution >= 0.6 is 0 Å². The molecule has 2 rings (SSSR count). The third-order valence-electron chi connectivity index (χ3n) is 3.44. The number of ether oxygens (including phenoxy) is 2. The zero-order valence-electron chi connectivity index (χ0n) is 12.6. The van der Waals surface area contributed by atoms with Crippen LogP contribution in [0.1, 0.15) is 6.42 Å². The van der Waals surface area contributed by atoms with Crippen LogP contribution in [0.5, 0.6) is 11.5 Å². The first kappa shape index (κ1) is 15.6. The molecule has 1 aliphatic rings. The van der Waals surface area contributed by atoms with Gasteiger partial charge in [0, 0.05) is 37.0 Å². The molecule has 0 bridgehead atoms. The number of anilines is 1. The molecule has 0 unspecified atom stereocenters. The standard InChI is InChI=1S/C15H23N3O3/c1-20-13-8-12(9-14(10-13)21-2)17-15(19)11-18-6-3-4-16-5-7-18/h8-10,16H,3-7,11H2,1-2H3,(H,17,19). The zero-order valence-corrected chi connectivity index (χ0v) is 12.6. The van der Waals surface area contributed by atoms with Gasteiger partial charge in [0.1, 0.15) is 11.5 Å². The molecular formula is C15H23N3O3. The number of carbonyl (C=O) groups excluding carboxylic acids is 1. The number of hydrogen-bond acceptors (Lipinski definition) is 5. The van der Waals surface area contributed by atoms with Crippen molar-refractivity contribution < 1.29 is 14.3 Å². The Morgan fingerprint density at radius 1 is 1.19 bits per heavy atom. The van der Waals surface area contributed by atoms with Gasteiger partial charge in [-0.3, -0.25) is 9.69 Å². The topological polar surface area (TPSA) is 62.8 Å². The third-order valence-corrected chi connectivity index (χ3v) is 3.44. The van der Waals surface area contributed by atoms with Crippen LogP contribution in [-0.4, -0.2) is 57.8 Å². The van der Waals surface area contributed by atoms with Gasteiger partial charge in [-0.25, -0.2) is 0 Å². The molecule has 1 aromatic rings. The normalized spacial score (nSPS) is 16.1. The minimum Gasteiger partial charge on any atom is -0.497 e. The van der Waals surface area contributed by atoms with Crippen molar-refractivity contribution in [1.82, 2.24) is 10.2 Å². The average molecular weight is 293 g/mol. The Bertz CT molecular complexity index is 449. The molecular weight excluding hydrogens is 270 g/mol. The molecule has 0 aliphatic carbocycles. The molecule has 0 atom stereocenters. The number of benzene rings is 1. The fraction of sp³-hybridized carbons (Fsp3) is 0.533. The molecule has 116 valence electrons. The van der Waals surface area contributed by atoms with Crippen molar-refractivity contribution in [2.24, 2.45) is 0 Å². The second-order valence-electron chi connectivity index (χ2n) is 5.03. The zero-order chi connectivity index (χ0) is 15.1. The summed E-state index contributed by atoms with van der Waals surface area (Å²) in [5, 5.41) is 6.22. The lowest BCUT2D eigenvalue weighted by atomic mass is 10.2. The number of nitrogens with one attached hydrogen (secondary N) is 2. The molecule has 1 heterocycles. The van der Waals surface area contributed by atoms with E-state index in [1.165, 1.54) is 0 Å². The van der Waals surface area contributed by atoms with E-state index in [-0.39, 0.29) is 5.91 Å². The molecule has 0 saturated carbocycles. The van der Waals surface area contributed by atoms with E-state index in [1.54, 1.807) is 32.4 Å². The summed E-state index contributed by atoms with van der Waals surface area (Å²) in [6.45, 7) is 4.20. The first-order valence-corrected chi connectivity index (χ1v) is 7.17. The van der Waals surface area contributed by atoms with Crippen LogP contribution < -0.4 is 20.1 Å². The predicted molar refractivity (Wildman–Crippen MR) is 82.1 cm³/mol. The minimum absolute atomic E-state index is 0.0211. The summed E-state index contributed by atoms with van der Waals surface area (Å²) in [7, 11) is 3.18. The first-order valence-electron chi connectivity index (χ1n) is 7.17. The number of amides is 1. The van der Waals surface area contributed by atoms with E-state index in [1.807, 2.05) is 0 Å². The maximum atomic E-state index is 12.1. The van der Waals surface area contributed by atoms with Gasteiger partial charge in [-0.15, -0.1) is 0 Å². The minimum atomic E-state index is -0.0211. The Hall–Kier alpha value is -1.79. The Morgan fingerprint density at radius 2 is 1.90 bits per heavy atom. The quantitative estimate of drug-likeness (QED) is 0.846. The summed E-state index contributed by atoms with van der Waals surface area (Å²) in [4.78, 5) is 14.3. The fourth-order valence-electron chi connectivity index (χ4n) is 2.34. The molecule has 0 aromatic heterocycles. The van der Waals surface area contributed by atoms with Gasteiger partial charge in [-0.05, 0) is 19.5 Å². The summed E-state index contributed by atoms with van der Waals surface area (Å²) in [6.07, 6.45) is 1.07. The predicted octanol–water partition coefficient (Wildman–Crippen LogP) is 0.938. The molecule has 6 nitrogen and oxygen atoms in total. The highest BCUT2D eigenvalue weighted by atomic mass is 16.5. The molecule has 1 aromatic carbocycles. The monoisotopic (exact) mass is 293 g/mol. The Labute approximate surface area is 125 Å². The van der Waals surface area contributed by atoms with Crippen molar-refractivity contribution in [1.29, 1.82) is 0 Å². The second-order valence-corrected chi connectivity index (χ2v) is 5.03. The summed E-state index contributed by atoms with van der Waals surface area (Å²) in [5.74, 6) is 1.29. The number of rotatable bonds is 5. The lowest BCUT2D eigenvalue weighted by Gasteiger charge is -2.19. The molecule has 1 aliphatic heterocycles. The Kier molecular flexibility index (Phi) is 5.83. The van der Waals surface area contributed by atoms with Crippen molar-refractivity contribution in [2.75, 3.05) is 52.3 Å². The van der Waals surface area contributed by atoms with Crippen LogP contribution in [0.4, 0.5) is 5.69 Å². The lowest BCUT2D eigenvalue weighted by Crippen LogP contribution is -2.35. The van der Waals surface area contributed by atoms with Crippen LogP contribution in [-0.2, 0) is 4.79 Å². The van der Waals surface area contributed by atoms with Crippen molar-refractivity contribution >= 4 is 11.6 Å². The average Bonchev–Trinajstić information content (AvgIpc) is 2.75. The molecule has 6 heteroatoms. The van der Waals surface area contributed by atoms with Gasteiger partial charge in [0.05, 0.1) is 20.8 Å². The summed E-state index contributed by atoms with van der Waals surface area (Å²) in [6, 6.07) is 5.34. The smallest absolute Gasteiger partial charge is 0.238 e. The number of methoxy groups -OCH3 is 2. The molecule has 0 radical (unpaired) electrons. The number of hydrogen-bond donors (Lipinski definition) is 2.